The lowest BCUT2D eigenvalue weighted by Crippen LogP contribution is -2.40. The molecule has 0 bridgehead atoms. The Morgan fingerprint density at radius 2 is 2.38 bits per heavy atom. The Kier molecular flexibility index (Phi) is 4.31. The second-order valence-electron chi connectivity index (χ2n) is 4.81. The highest BCUT2D eigenvalue weighted by molar-refractivity contribution is 6.27. The number of aromatic nitrogens is 2. The van der Waals surface area contributed by atoms with Crippen molar-refractivity contribution in [1.82, 2.24) is 9.55 Å². The summed E-state index contributed by atoms with van der Waals surface area (Å²) in [5, 5.41) is 9.05. The van der Waals surface area contributed by atoms with Crippen LogP contribution in [0, 0.1) is 0 Å². The van der Waals surface area contributed by atoms with E-state index in [0.717, 1.165) is 17.0 Å². The van der Waals surface area contributed by atoms with E-state index in [1.165, 1.54) is 12.3 Å². The Labute approximate surface area is 123 Å². The van der Waals surface area contributed by atoms with Gasteiger partial charge in [-0.2, -0.15) is 4.98 Å². The lowest BCUT2D eigenvalue weighted by Gasteiger charge is -2.20. The lowest BCUT2D eigenvalue weighted by atomic mass is 9.98. The van der Waals surface area contributed by atoms with Gasteiger partial charge in [-0.05, 0) is 13.0 Å². The van der Waals surface area contributed by atoms with Gasteiger partial charge in [0.1, 0.15) is 11.9 Å². The third-order valence-electron chi connectivity index (χ3n) is 3.42. The first-order valence-electron chi connectivity index (χ1n) is 6.07. The first-order chi connectivity index (χ1) is 9.82. The van der Waals surface area contributed by atoms with Gasteiger partial charge in [0.05, 0.1) is 6.61 Å². The number of aliphatic hydroxyl groups excluding tert-OH is 1. The van der Waals surface area contributed by atoms with E-state index in [4.69, 9.17) is 27.2 Å². The maximum absolute atomic E-state index is 14.2. The first-order valence-corrected chi connectivity index (χ1v) is 6.51. The summed E-state index contributed by atoms with van der Waals surface area (Å²) in [6.45, 7) is 0.253. The number of nitrogens with zero attached hydrogens (tertiary/aromatic N) is 2. The summed E-state index contributed by atoms with van der Waals surface area (Å²) in [7, 11) is 0. The average molecular weight is 322 g/mol. The van der Waals surface area contributed by atoms with E-state index < -0.39 is 36.5 Å². The average Bonchev–Trinajstić information content (AvgIpc) is 2.64. The zero-order valence-corrected chi connectivity index (χ0v) is 11.8. The Balaban J connectivity index is 2.48. The molecule has 1 aromatic rings. The summed E-state index contributed by atoms with van der Waals surface area (Å²) in [4.78, 5) is 15.3. The molecule has 0 radical (unpaired) electrons. The normalized spacial score (nSPS) is 32.9. The molecule has 0 aromatic carbocycles. The van der Waals surface area contributed by atoms with Crippen LogP contribution in [0.2, 0.25) is 0 Å². The molecular weight excluding hydrogens is 308 g/mol. The molecule has 0 aliphatic carbocycles. The topological polar surface area (TPSA) is 90.4 Å². The molecule has 0 spiro atoms. The van der Waals surface area contributed by atoms with Crippen molar-refractivity contribution in [1.29, 1.82) is 0 Å². The molecule has 1 saturated heterocycles. The molecule has 0 saturated carbocycles. The molecule has 21 heavy (non-hydrogen) atoms. The van der Waals surface area contributed by atoms with Gasteiger partial charge < -0.3 is 15.6 Å². The van der Waals surface area contributed by atoms with Crippen LogP contribution < -0.4 is 11.4 Å². The zero-order chi connectivity index (χ0) is 15.8. The van der Waals surface area contributed by atoms with Crippen LogP contribution in [0.25, 0.3) is 6.08 Å². The maximum Gasteiger partial charge on any atom is 0.351 e. The second-order valence-corrected chi connectivity index (χ2v) is 5.07. The van der Waals surface area contributed by atoms with Crippen LogP contribution in [-0.2, 0) is 4.74 Å². The highest BCUT2D eigenvalue weighted by Crippen LogP contribution is 2.41. The van der Waals surface area contributed by atoms with E-state index in [1.807, 2.05) is 0 Å². The molecule has 116 valence electrons. The van der Waals surface area contributed by atoms with Gasteiger partial charge >= 0.3 is 5.69 Å². The van der Waals surface area contributed by atoms with Crippen LogP contribution in [0.4, 0.5) is 14.6 Å². The molecule has 2 heterocycles. The molecule has 3 N–H and O–H groups in total. The predicted molar refractivity (Wildman–Crippen MR) is 73.2 cm³/mol. The molecule has 4 unspecified atom stereocenters. The van der Waals surface area contributed by atoms with Crippen LogP contribution in [0.1, 0.15) is 18.7 Å². The molecule has 0 amide bonds. The summed E-state index contributed by atoms with van der Waals surface area (Å²) < 4.78 is 34.3. The van der Waals surface area contributed by atoms with Gasteiger partial charge in [-0.25, -0.2) is 13.6 Å². The van der Waals surface area contributed by atoms with E-state index in [9.17, 15) is 13.6 Å². The summed E-state index contributed by atoms with van der Waals surface area (Å²) >= 11 is 5.43. The zero-order valence-electron chi connectivity index (χ0n) is 11.0. The van der Waals surface area contributed by atoms with Gasteiger partial charge in [0.2, 0.25) is 0 Å². The van der Waals surface area contributed by atoms with Gasteiger partial charge in [-0.3, -0.25) is 4.57 Å². The lowest BCUT2D eigenvalue weighted by molar-refractivity contribution is -0.0532. The molecule has 2 rings (SSSR count). The quantitative estimate of drug-likeness (QED) is 0.866. The Hall–Kier alpha value is -1.51. The number of nitrogens with two attached hydrogens (primary N) is 1. The van der Waals surface area contributed by atoms with Gasteiger partial charge in [0.25, 0.3) is 0 Å². The number of alkyl halides is 2. The van der Waals surface area contributed by atoms with E-state index in [2.05, 4.69) is 4.98 Å². The summed E-state index contributed by atoms with van der Waals surface area (Å²) in [6.07, 6.45) is -2.55. The molecule has 1 aliphatic heterocycles. The molecule has 9 heteroatoms. The Morgan fingerprint density at radius 1 is 1.71 bits per heavy atom. The second kappa shape index (κ2) is 5.70. The number of rotatable bonds is 3. The smallest absolute Gasteiger partial charge is 0.351 e. The fraction of sp³-hybridized carbons (Fsp3) is 0.500. The summed E-state index contributed by atoms with van der Waals surface area (Å²) in [5.74, 6) is -0.0942. The minimum absolute atomic E-state index is 0.0942. The number of ether oxygens (including phenoxy) is 1. The van der Waals surface area contributed by atoms with Gasteiger partial charge in [-0.1, -0.05) is 11.6 Å². The van der Waals surface area contributed by atoms with Crippen LogP contribution >= 0.6 is 11.6 Å². The minimum Gasteiger partial charge on any atom is -0.394 e. The molecule has 1 aromatic heterocycles. The first kappa shape index (κ1) is 15.9. The predicted octanol–water partition coefficient (Wildman–Crippen LogP) is 0.991. The van der Waals surface area contributed by atoms with E-state index in [-0.39, 0.29) is 11.4 Å². The van der Waals surface area contributed by atoms with Crippen molar-refractivity contribution in [2.75, 3.05) is 12.3 Å². The Bertz CT molecular complexity index is 620. The van der Waals surface area contributed by atoms with Gasteiger partial charge in [0, 0.05) is 17.3 Å². The SMILES string of the molecule is CC1(F)C(CO)OC(n2cc(/C=C/Cl)c(N)nc2=O)C1F. The third-order valence-corrected chi connectivity index (χ3v) is 3.54. The highest BCUT2D eigenvalue weighted by Gasteiger charge is 2.56. The van der Waals surface area contributed by atoms with E-state index >= 15 is 0 Å². The van der Waals surface area contributed by atoms with Crippen molar-refractivity contribution in [3.05, 3.63) is 27.8 Å². The highest BCUT2D eigenvalue weighted by atomic mass is 35.5. The van der Waals surface area contributed by atoms with Gasteiger partial charge in [0.15, 0.2) is 18.1 Å². The number of halogens is 3. The van der Waals surface area contributed by atoms with Crippen LogP contribution in [-0.4, -0.2) is 39.2 Å². The van der Waals surface area contributed by atoms with Crippen molar-refractivity contribution in [3.8, 4) is 0 Å². The van der Waals surface area contributed by atoms with Gasteiger partial charge in [-0.15, -0.1) is 0 Å². The summed E-state index contributed by atoms with van der Waals surface area (Å²) in [6, 6.07) is 0. The van der Waals surface area contributed by atoms with Crippen LogP contribution in [0.3, 0.4) is 0 Å². The van der Waals surface area contributed by atoms with Crippen molar-refractivity contribution >= 4 is 23.5 Å². The third kappa shape index (κ3) is 2.66. The monoisotopic (exact) mass is 321 g/mol. The number of anilines is 1. The molecule has 1 aliphatic rings. The van der Waals surface area contributed by atoms with E-state index in [0.29, 0.717) is 0 Å². The molecular formula is C12H14ClF2N3O3. The minimum atomic E-state index is -2.43. The Morgan fingerprint density at radius 3 is 2.90 bits per heavy atom. The number of nitrogen functional groups attached to an aromatic ring is 1. The molecule has 1 fully saturated rings. The molecule has 4 atom stereocenters. The van der Waals surface area contributed by atoms with Crippen molar-refractivity contribution < 1.29 is 18.6 Å². The van der Waals surface area contributed by atoms with E-state index in [1.54, 1.807) is 0 Å². The maximum atomic E-state index is 14.2. The number of hydrogen-bond donors (Lipinski definition) is 2. The standard InChI is InChI=1S/C12H14ClF2N3O3/c1-12(15)7(5-19)21-10(8(12)14)18-4-6(2-3-13)9(16)17-11(18)20/h2-4,7-8,10,19H,5H2,1H3,(H2,16,17,20)/b3-2+. The largest absolute Gasteiger partial charge is 0.394 e. The van der Waals surface area contributed by atoms with Crippen molar-refractivity contribution in [2.45, 2.75) is 31.1 Å². The number of aliphatic hydroxyl groups is 1. The fourth-order valence-electron chi connectivity index (χ4n) is 2.13. The van der Waals surface area contributed by atoms with Crippen LogP contribution in [0.5, 0.6) is 0 Å². The number of hydrogen-bond acceptors (Lipinski definition) is 5. The van der Waals surface area contributed by atoms with Crippen molar-refractivity contribution in [3.63, 3.8) is 0 Å². The van der Waals surface area contributed by atoms with Crippen LogP contribution in [0.15, 0.2) is 16.5 Å². The fourth-order valence-corrected chi connectivity index (χ4v) is 2.27. The molecule has 6 nitrogen and oxygen atoms in total. The summed E-state index contributed by atoms with van der Waals surface area (Å²) in [5.41, 5.74) is 3.61. The van der Waals surface area contributed by atoms with Crippen molar-refractivity contribution in [2.24, 2.45) is 0 Å².